The third-order valence-electron chi connectivity index (χ3n) is 3.27. The lowest BCUT2D eigenvalue weighted by atomic mass is 10.0. The molecule has 8 heteroatoms. The molecule has 1 amide bonds. The predicted octanol–water partition coefficient (Wildman–Crippen LogP) is 0.657. The van der Waals surface area contributed by atoms with Crippen molar-refractivity contribution in [3.63, 3.8) is 0 Å². The highest BCUT2D eigenvalue weighted by molar-refractivity contribution is 7.96. The number of rotatable bonds is 10. The Morgan fingerprint density at radius 1 is 1.21 bits per heavy atom. The molecule has 0 heterocycles. The number of carbonyl (C=O) groups excluding carboxylic acids is 2. The van der Waals surface area contributed by atoms with E-state index < -0.39 is 34.9 Å². The van der Waals surface area contributed by atoms with Crippen LogP contribution < -0.4 is 10.0 Å². The Bertz CT molecular complexity index is 591. The van der Waals surface area contributed by atoms with Crippen LogP contribution in [0.2, 0.25) is 0 Å². The van der Waals surface area contributed by atoms with E-state index >= 15 is 0 Å². The second kappa shape index (κ2) is 9.94. The molecule has 0 aromatic heterocycles. The largest absolute Gasteiger partial charge is 0.480 e. The van der Waals surface area contributed by atoms with Crippen LogP contribution >= 0.6 is 0 Å². The van der Waals surface area contributed by atoms with Crippen molar-refractivity contribution in [1.29, 1.82) is 0 Å². The number of aliphatic carboxylic acids is 1. The van der Waals surface area contributed by atoms with Gasteiger partial charge in [-0.15, -0.1) is 0 Å². The van der Waals surface area contributed by atoms with Crippen molar-refractivity contribution in [1.82, 2.24) is 10.0 Å². The van der Waals surface area contributed by atoms with Gasteiger partial charge in [-0.25, -0.2) is 13.7 Å². The highest BCUT2D eigenvalue weighted by Gasteiger charge is 2.27. The number of nitrogens with one attached hydrogen (secondary N) is 2. The van der Waals surface area contributed by atoms with E-state index in [4.69, 9.17) is 0 Å². The van der Waals surface area contributed by atoms with Crippen molar-refractivity contribution >= 4 is 28.5 Å². The van der Waals surface area contributed by atoms with E-state index in [1.54, 1.807) is 24.3 Å². The first-order valence-electron chi connectivity index (χ1n) is 7.52. The predicted molar refractivity (Wildman–Crippen MR) is 91.0 cm³/mol. The Morgan fingerprint density at radius 2 is 1.83 bits per heavy atom. The standard InChI is InChI=1S/C16H22N2O5S/c1-11(2)8-13(18-24(23)10-19)15(20)17-14(16(21)22)9-12-6-4-3-5-7-12/h3-7,10-11,13-14,18H,8-9H2,1-2H3,(H,17,20)(H,21,22)/t13-,14-,24?/m0/s1. The van der Waals surface area contributed by atoms with Crippen LogP contribution in [0, 0.1) is 5.92 Å². The molecule has 0 saturated heterocycles. The van der Waals surface area contributed by atoms with Gasteiger partial charge in [0.2, 0.25) is 11.5 Å². The zero-order valence-electron chi connectivity index (χ0n) is 13.6. The van der Waals surface area contributed by atoms with Gasteiger partial charge in [-0.3, -0.25) is 9.59 Å². The topological polar surface area (TPSA) is 113 Å². The first kappa shape index (κ1) is 20.0. The Morgan fingerprint density at radius 3 is 2.33 bits per heavy atom. The number of carboxylic acids is 1. The second-order valence-electron chi connectivity index (χ2n) is 5.78. The zero-order valence-corrected chi connectivity index (χ0v) is 14.4. The van der Waals surface area contributed by atoms with Crippen LogP contribution in [-0.2, 0) is 31.8 Å². The number of benzene rings is 1. The summed E-state index contributed by atoms with van der Waals surface area (Å²) in [6.45, 7) is 3.73. The molecule has 1 rings (SSSR count). The van der Waals surface area contributed by atoms with Crippen molar-refractivity contribution in [3.8, 4) is 0 Å². The van der Waals surface area contributed by atoms with Crippen LogP contribution in [0.15, 0.2) is 30.3 Å². The lowest BCUT2D eigenvalue weighted by Crippen LogP contribution is -2.51. The fraction of sp³-hybridized carbons (Fsp3) is 0.438. The van der Waals surface area contributed by atoms with Gasteiger partial charge in [-0.2, -0.15) is 0 Å². The summed E-state index contributed by atoms with van der Waals surface area (Å²) in [6.07, 6.45) is 0.455. The molecule has 0 bridgehead atoms. The van der Waals surface area contributed by atoms with E-state index in [-0.39, 0.29) is 18.0 Å². The molecule has 3 N–H and O–H groups in total. The first-order valence-corrected chi connectivity index (χ1v) is 8.74. The van der Waals surface area contributed by atoms with Crippen LogP contribution in [0.25, 0.3) is 0 Å². The molecule has 0 fully saturated rings. The average Bonchev–Trinajstić information content (AvgIpc) is 2.53. The quantitative estimate of drug-likeness (QED) is 0.534. The van der Waals surface area contributed by atoms with E-state index in [1.807, 2.05) is 19.9 Å². The van der Waals surface area contributed by atoms with E-state index in [0.717, 1.165) is 5.56 Å². The molecule has 0 radical (unpaired) electrons. The molecule has 24 heavy (non-hydrogen) atoms. The van der Waals surface area contributed by atoms with E-state index in [9.17, 15) is 23.7 Å². The second-order valence-corrected chi connectivity index (χ2v) is 6.81. The van der Waals surface area contributed by atoms with Gasteiger partial charge in [-0.1, -0.05) is 44.2 Å². The first-order chi connectivity index (χ1) is 11.3. The maximum Gasteiger partial charge on any atom is 0.326 e. The monoisotopic (exact) mass is 354 g/mol. The summed E-state index contributed by atoms with van der Waals surface area (Å²) in [5, 5.41) is 11.8. The van der Waals surface area contributed by atoms with Crippen molar-refractivity contribution in [2.45, 2.75) is 38.8 Å². The van der Waals surface area contributed by atoms with Gasteiger partial charge in [0.05, 0.1) is 6.04 Å². The van der Waals surface area contributed by atoms with Crippen LogP contribution in [0.5, 0.6) is 0 Å². The number of carbonyl (C=O) groups is 3. The number of hydrogen-bond donors (Lipinski definition) is 3. The van der Waals surface area contributed by atoms with Crippen LogP contribution in [0.3, 0.4) is 0 Å². The lowest BCUT2D eigenvalue weighted by Gasteiger charge is -2.21. The van der Waals surface area contributed by atoms with E-state index in [0.29, 0.717) is 6.42 Å². The molecular formula is C16H22N2O5S. The van der Waals surface area contributed by atoms with Gasteiger partial charge >= 0.3 is 5.97 Å². The Labute approximate surface area is 143 Å². The summed E-state index contributed by atoms with van der Waals surface area (Å²) >= 11 is 0. The minimum Gasteiger partial charge on any atom is -0.480 e. The minimum absolute atomic E-state index is 0.0919. The maximum atomic E-state index is 12.3. The van der Waals surface area contributed by atoms with Gasteiger partial charge in [0, 0.05) is 6.42 Å². The molecule has 0 saturated carbocycles. The Balaban J connectivity index is 2.81. The molecule has 1 unspecified atom stereocenters. The molecule has 0 spiro atoms. The highest BCUT2D eigenvalue weighted by atomic mass is 32.2. The third-order valence-corrected chi connectivity index (χ3v) is 3.96. The van der Waals surface area contributed by atoms with Crippen molar-refractivity contribution < 1.29 is 23.7 Å². The third kappa shape index (κ3) is 7.01. The SMILES string of the molecule is CC(C)C[C@H](NS(=O)C=O)C(=O)N[C@@H](Cc1ccccc1)C(=O)O. The van der Waals surface area contributed by atoms with Gasteiger partial charge in [0.1, 0.15) is 6.04 Å². The summed E-state index contributed by atoms with van der Waals surface area (Å²) in [4.78, 5) is 34.3. The number of amides is 1. The van der Waals surface area contributed by atoms with Gasteiger partial charge in [0.15, 0.2) is 11.0 Å². The average molecular weight is 354 g/mol. The van der Waals surface area contributed by atoms with Crippen LogP contribution in [0.4, 0.5) is 0 Å². The molecule has 0 aliphatic heterocycles. The smallest absolute Gasteiger partial charge is 0.326 e. The minimum atomic E-state index is -2.00. The summed E-state index contributed by atoms with van der Waals surface area (Å²) < 4.78 is 13.8. The lowest BCUT2D eigenvalue weighted by molar-refractivity contribution is -0.142. The van der Waals surface area contributed by atoms with Gasteiger partial charge in [-0.05, 0) is 17.9 Å². The Hall–Kier alpha value is -2.06. The molecule has 0 aliphatic carbocycles. The zero-order chi connectivity index (χ0) is 18.1. The van der Waals surface area contributed by atoms with E-state index in [2.05, 4.69) is 10.0 Å². The molecule has 0 aliphatic rings. The molecule has 132 valence electrons. The number of carboxylic acid groups (broad SMARTS) is 1. The van der Waals surface area contributed by atoms with E-state index in [1.165, 1.54) is 0 Å². The van der Waals surface area contributed by atoms with Gasteiger partial charge < -0.3 is 10.4 Å². The van der Waals surface area contributed by atoms with Gasteiger partial charge in [0.25, 0.3) is 0 Å². The Kier molecular flexibility index (Phi) is 8.28. The molecule has 3 atom stereocenters. The van der Waals surface area contributed by atoms with Crippen LogP contribution in [0.1, 0.15) is 25.8 Å². The molecule has 1 aromatic rings. The molecular weight excluding hydrogens is 332 g/mol. The fourth-order valence-corrected chi connectivity index (χ4v) is 2.71. The summed E-state index contributed by atoms with van der Waals surface area (Å²) in [6, 6.07) is 6.91. The van der Waals surface area contributed by atoms with Crippen molar-refractivity contribution in [2.24, 2.45) is 5.92 Å². The normalized spacial score (nSPS) is 14.6. The molecule has 1 aromatic carbocycles. The molecule has 7 nitrogen and oxygen atoms in total. The van der Waals surface area contributed by atoms with Crippen molar-refractivity contribution in [2.75, 3.05) is 0 Å². The summed E-state index contributed by atoms with van der Waals surface area (Å²) in [5.74, 6) is -1.66. The summed E-state index contributed by atoms with van der Waals surface area (Å²) in [7, 11) is -2.00. The maximum absolute atomic E-state index is 12.3. The van der Waals surface area contributed by atoms with Crippen molar-refractivity contribution in [3.05, 3.63) is 35.9 Å². The fourth-order valence-electron chi connectivity index (χ4n) is 2.17. The number of hydrogen-bond acceptors (Lipinski definition) is 4. The summed E-state index contributed by atoms with van der Waals surface area (Å²) in [5.41, 5.74) is 0.967. The van der Waals surface area contributed by atoms with Crippen LogP contribution in [-0.4, -0.2) is 38.9 Å². The highest BCUT2D eigenvalue weighted by Crippen LogP contribution is 2.08.